The van der Waals surface area contributed by atoms with Crippen molar-refractivity contribution in [2.75, 3.05) is 18.1 Å². The lowest BCUT2D eigenvalue weighted by atomic mass is 10.1. The van der Waals surface area contributed by atoms with E-state index in [-0.39, 0.29) is 5.91 Å². The van der Waals surface area contributed by atoms with E-state index in [1.165, 1.54) is 0 Å². The van der Waals surface area contributed by atoms with Crippen LogP contribution in [-0.4, -0.2) is 19.1 Å². The summed E-state index contributed by atoms with van der Waals surface area (Å²) < 4.78 is 5.67. The predicted octanol–water partition coefficient (Wildman–Crippen LogP) is 3.52. The number of amides is 1. The van der Waals surface area contributed by atoms with E-state index >= 15 is 0 Å². The number of carbonyl (C=O) groups is 1. The van der Waals surface area contributed by atoms with Crippen LogP contribution in [0.25, 0.3) is 6.08 Å². The number of ether oxygens (including phenoxy) is 1. The highest BCUT2D eigenvalue weighted by Crippen LogP contribution is 2.27. The Bertz CT molecular complexity index is 677. The summed E-state index contributed by atoms with van der Waals surface area (Å²) in [4.78, 5) is 14.5. The molecule has 1 amide bonds. The first-order valence-corrected chi connectivity index (χ1v) is 7.09. The summed E-state index contributed by atoms with van der Waals surface area (Å²) in [6, 6.07) is 17.5. The molecule has 0 aromatic heterocycles. The molecule has 1 aliphatic heterocycles. The van der Waals surface area contributed by atoms with Crippen LogP contribution >= 0.6 is 0 Å². The summed E-state index contributed by atoms with van der Waals surface area (Å²) in [5, 5.41) is 0. The molecule has 2 aromatic carbocycles. The maximum absolute atomic E-state index is 12.7. The Kier molecular flexibility index (Phi) is 3.73. The topological polar surface area (TPSA) is 29.5 Å². The van der Waals surface area contributed by atoms with Gasteiger partial charge in [0.1, 0.15) is 12.4 Å². The minimum Gasteiger partial charge on any atom is -0.488 e. The zero-order chi connectivity index (χ0) is 14.7. The first-order valence-electron chi connectivity index (χ1n) is 7.09. The molecule has 0 bridgehead atoms. The van der Waals surface area contributed by atoms with Gasteiger partial charge in [0, 0.05) is 17.8 Å². The molecule has 1 heterocycles. The molecule has 0 saturated heterocycles. The number of para-hydroxylation sites is 2. The number of likely N-dealkylation sites (N-methyl/N-ethyl adjacent to an activating group) is 1. The van der Waals surface area contributed by atoms with Crippen LogP contribution in [0.4, 0.5) is 5.69 Å². The van der Waals surface area contributed by atoms with Gasteiger partial charge in [0.25, 0.3) is 5.91 Å². The molecular weight excluding hydrogens is 262 g/mol. The zero-order valence-electron chi connectivity index (χ0n) is 12.0. The third kappa shape index (κ3) is 2.68. The number of carbonyl (C=O) groups excluding carboxylic acids is 1. The maximum Gasteiger partial charge on any atom is 0.257 e. The molecule has 106 valence electrons. The van der Waals surface area contributed by atoms with E-state index in [0.717, 1.165) is 17.0 Å². The van der Waals surface area contributed by atoms with E-state index in [0.29, 0.717) is 18.7 Å². The van der Waals surface area contributed by atoms with Crippen molar-refractivity contribution in [3.63, 3.8) is 0 Å². The predicted molar refractivity (Wildman–Crippen MR) is 84.4 cm³/mol. The number of rotatable bonds is 3. The molecule has 0 spiro atoms. The molecule has 0 atom stereocenters. The second-order valence-electron chi connectivity index (χ2n) is 4.88. The highest BCUT2D eigenvalue weighted by molar-refractivity contribution is 6.09. The molecule has 21 heavy (non-hydrogen) atoms. The number of anilines is 1. The highest BCUT2D eigenvalue weighted by Gasteiger charge is 2.22. The van der Waals surface area contributed by atoms with Crippen molar-refractivity contribution in [2.24, 2.45) is 0 Å². The number of hydrogen-bond acceptors (Lipinski definition) is 2. The van der Waals surface area contributed by atoms with Gasteiger partial charge < -0.3 is 9.64 Å². The molecule has 0 radical (unpaired) electrons. The van der Waals surface area contributed by atoms with E-state index < -0.39 is 0 Å². The summed E-state index contributed by atoms with van der Waals surface area (Å²) in [7, 11) is 0. The largest absolute Gasteiger partial charge is 0.488 e. The van der Waals surface area contributed by atoms with Gasteiger partial charge in [-0.3, -0.25) is 4.79 Å². The van der Waals surface area contributed by atoms with E-state index in [2.05, 4.69) is 0 Å². The summed E-state index contributed by atoms with van der Waals surface area (Å²) in [6.07, 6.45) is 1.92. The lowest BCUT2D eigenvalue weighted by molar-refractivity contribution is -0.115. The van der Waals surface area contributed by atoms with Crippen molar-refractivity contribution in [1.82, 2.24) is 0 Å². The van der Waals surface area contributed by atoms with Crippen molar-refractivity contribution in [3.8, 4) is 5.75 Å². The monoisotopic (exact) mass is 279 g/mol. The van der Waals surface area contributed by atoms with Crippen molar-refractivity contribution >= 4 is 17.7 Å². The first-order chi connectivity index (χ1) is 10.3. The highest BCUT2D eigenvalue weighted by atomic mass is 16.5. The Morgan fingerprint density at radius 1 is 1.10 bits per heavy atom. The van der Waals surface area contributed by atoms with Gasteiger partial charge in [-0.05, 0) is 31.2 Å². The fourth-order valence-electron chi connectivity index (χ4n) is 2.46. The van der Waals surface area contributed by atoms with Crippen LogP contribution in [0.3, 0.4) is 0 Å². The molecule has 0 saturated carbocycles. The fourth-order valence-corrected chi connectivity index (χ4v) is 2.46. The second kappa shape index (κ2) is 5.83. The van der Waals surface area contributed by atoms with Crippen molar-refractivity contribution < 1.29 is 9.53 Å². The van der Waals surface area contributed by atoms with Crippen LogP contribution in [0.5, 0.6) is 5.75 Å². The van der Waals surface area contributed by atoms with E-state index in [4.69, 9.17) is 4.74 Å². The second-order valence-corrected chi connectivity index (χ2v) is 4.88. The van der Waals surface area contributed by atoms with Crippen LogP contribution in [-0.2, 0) is 4.79 Å². The Morgan fingerprint density at radius 3 is 2.57 bits per heavy atom. The number of fused-ring (bicyclic) bond motifs is 1. The minimum atomic E-state index is -0.00166. The normalized spacial score (nSPS) is 12.9. The van der Waals surface area contributed by atoms with Gasteiger partial charge >= 0.3 is 0 Å². The van der Waals surface area contributed by atoms with Gasteiger partial charge in [0.05, 0.1) is 5.57 Å². The molecule has 2 aromatic rings. The summed E-state index contributed by atoms with van der Waals surface area (Å²) in [6.45, 7) is 2.92. The molecule has 0 fully saturated rings. The standard InChI is InChI=1S/C18H17NO2/c1-2-19(16-9-4-3-5-10-16)18(20)15-12-14-8-6-7-11-17(14)21-13-15/h3-12H,2,13H2,1H3. The van der Waals surface area contributed by atoms with Crippen molar-refractivity contribution in [1.29, 1.82) is 0 Å². The summed E-state index contributed by atoms with van der Waals surface area (Å²) >= 11 is 0. The van der Waals surface area contributed by atoms with Crippen molar-refractivity contribution in [3.05, 3.63) is 65.7 Å². The molecule has 0 N–H and O–H groups in total. The van der Waals surface area contributed by atoms with Crippen LogP contribution in [0.15, 0.2) is 60.2 Å². The maximum atomic E-state index is 12.7. The van der Waals surface area contributed by atoms with Crippen LogP contribution < -0.4 is 9.64 Å². The molecule has 1 aliphatic rings. The molecule has 0 aliphatic carbocycles. The van der Waals surface area contributed by atoms with Gasteiger partial charge in [-0.25, -0.2) is 0 Å². The minimum absolute atomic E-state index is 0.00166. The molecule has 3 rings (SSSR count). The Morgan fingerprint density at radius 2 is 1.81 bits per heavy atom. The number of nitrogens with zero attached hydrogens (tertiary/aromatic N) is 1. The van der Waals surface area contributed by atoms with Crippen molar-refractivity contribution in [2.45, 2.75) is 6.92 Å². The number of hydrogen-bond donors (Lipinski definition) is 0. The van der Waals surface area contributed by atoms with Gasteiger partial charge in [-0.2, -0.15) is 0 Å². The Balaban J connectivity index is 1.90. The van der Waals surface area contributed by atoms with Gasteiger partial charge in [-0.15, -0.1) is 0 Å². The van der Waals surface area contributed by atoms with Gasteiger partial charge in [0.2, 0.25) is 0 Å². The lowest BCUT2D eigenvalue weighted by Crippen LogP contribution is -2.34. The molecule has 3 nitrogen and oxygen atoms in total. The average Bonchev–Trinajstić information content (AvgIpc) is 2.56. The van der Waals surface area contributed by atoms with Crippen LogP contribution in [0.2, 0.25) is 0 Å². The quantitative estimate of drug-likeness (QED) is 0.860. The lowest BCUT2D eigenvalue weighted by Gasteiger charge is -2.24. The molecule has 3 heteroatoms. The van der Waals surface area contributed by atoms with E-state index in [9.17, 15) is 4.79 Å². The van der Waals surface area contributed by atoms with Gasteiger partial charge in [-0.1, -0.05) is 36.4 Å². The Hall–Kier alpha value is -2.55. The Labute approximate surface area is 124 Å². The average molecular weight is 279 g/mol. The molecule has 0 unspecified atom stereocenters. The van der Waals surface area contributed by atoms with Gasteiger partial charge in [0.15, 0.2) is 0 Å². The zero-order valence-corrected chi connectivity index (χ0v) is 12.0. The van der Waals surface area contributed by atoms with Crippen LogP contribution in [0, 0.1) is 0 Å². The van der Waals surface area contributed by atoms with Crippen LogP contribution in [0.1, 0.15) is 12.5 Å². The third-order valence-corrected chi connectivity index (χ3v) is 3.54. The number of benzene rings is 2. The third-order valence-electron chi connectivity index (χ3n) is 3.54. The van der Waals surface area contributed by atoms with E-state index in [1.54, 1.807) is 4.90 Å². The fraction of sp³-hybridized carbons (Fsp3) is 0.167. The molecular formula is C18H17NO2. The first kappa shape index (κ1) is 13.4. The summed E-state index contributed by atoms with van der Waals surface area (Å²) in [5.41, 5.74) is 2.54. The smallest absolute Gasteiger partial charge is 0.257 e. The van der Waals surface area contributed by atoms with E-state index in [1.807, 2.05) is 67.6 Å². The SMILES string of the molecule is CCN(C(=O)C1=Cc2ccccc2OC1)c1ccccc1. The summed E-state index contributed by atoms with van der Waals surface area (Å²) in [5.74, 6) is 0.829.